The Morgan fingerprint density at radius 3 is 2.50 bits per heavy atom. The molecule has 0 saturated carbocycles. The van der Waals surface area contributed by atoms with Crippen LogP contribution in [0.1, 0.15) is 23.0 Å². The molecule has 6 nitrogen and oxygen atoms in total. The molecule has 0 aliphatic carbocycles. The summed E-state index contributed by atoms with van der Waals surface area (Å²) in [6.45, 7) is 2.64. The highest BCUT2D eigenvalue weighted by molar-refractivity contribution is 5.83. The maximum Gasteiger partial charge on any atom is 0.244 e. The van der Waals surface area contributed by atoms with Crippen LogP contribution in [0, 0.1) is 6.92 Å². The van der Waals surface area contributed by atoms with E-state index in [1.807, 2.05) is 75.4 Å². The molecule has 0 aliphatic rings. The molecule has 148 valence electrons. The van der Waals surface area contributed by atoms with Gasteiger partial charge in [0.25, 0.3) is 0 Å². The second-order valence-corrected chi connectivity index (χ2v) is 7.35. The summed E-state index contributed by atoms with van der Waals surface area (Å²) < 4.78 is 5.25. The number of benzene rings is 2. The van der Waals surface area contributed by atoms with E-state index in [1.165, 1.54) is 5.56 Å². The summed E-state index contributed by atoms with van der Waals surface area (Å²) in [4.78, 5) is 24.7. The molecule has 3 aromatic rings. The van der Waals surface area contributed by atoms with E-state index in [1.54, 1.807) is 12.0 Å². The largest absolute Gasteiger partial charge is 0.497 e. The molecule has 2 aromatic carbocycles. The van der Waals surface area contributed by atoms with E-state index in [2.05, 4.69) is 9.97 Å². The Morgan fingerprint density at radius 1 is 1.14 bits per heavy atom. The van der Waals surface area contributed by atoms with Crippen molar-refractivity contribution in [2.24, 2.45) is 0 Å². The van der Waals surface area contributed by atoms with Crippen LogP contribution in [0.3, 0.4) is 0 Å². The van der Waals surface area contributed by atoms with E-state index in [0.717, 1.165) is 28.2 Å². The predicted molar refractivity (Wildman–Crippen MR) is 112 cm³/mol. The fourth-order valence-electron chi connectivity index (χ4n) is 3.29. The molecule has 0 aliphatic heterocycles. The van der Waals surface area contributed by atoms with Gasteiger partial charge in [0.15, 0.2) is 0 Å². The Hall–Kier alpha value is -2.86. The summed E-state index contributed by atoms with van der Waals surface area (Å²) >= 11 is 0. The molecule has 0 bridgehead atoms. The fraction of sp³-hybridized carbons (Fsp3) is 0.364. The minimum atomic E-state index is -0.300. The molecule has 0 spiro atoms. The molecule has 28 heavy (non-hydrogen) atoms. The topological polar surface area (TPSA) is 61.5 Å². The number of aryl methyl sites for hydroxylation is 1. The average Bonchev–Trinajstić information content (AvgIpc) is 3.09. The first kappa shape index (κ1) is 19.9. The van der Waals surface area contributed by atoms with E-state index >= 15 is 0 Å². The normalized spacial score (nSPS) is 12.4. The zero-order chi connectivity index (χ0) is 20.3. The highest BCUT2D eigenvalue weighted by Crippen LogP contribution is 2.22. The minimum Gasteiger partial charge on any atom is -0.497 e. The Balaban J connectivity index is 1.69. The van der Waals surface area contributed by atoms with Crippen LogP contribution in [0.5, 0.6) is 5.75 Å². The Labute approximate surface area is 166 Å². The van der Waals surface area contributed by atoms with Gasteiger partial charge in [-0.15, -0.1) is 0 Å². The number of aromatic amines is 1. The van der Waals surface area contributed by atoms with Crippen LogP contribution in [-0.2, 0) is 11.2 Å². The number of carbonyl (C=O) groups excluding carboxylic acids is 1. The molecule has 1 N–H and O–H groups in total. The number of rotatable bonds is 7. The lowest BCUT2D eigenvalue weighted by Gasteiger charge is -2.28. The maximum atomic E-state index is 13.1. The zero-order valence-electron chi connectivity index (χ0n) is 17.2. The molecular formula is C22H28N4O2. The van der Waals surface area contributed by atoms with Gasteiger partial charge in [-0.1, -0.05) is 29.8 Å². The number of methoxy groups -OCH3 is 1. The number of hydrogen-bond acceptors (Lipinski definition) is 4. The number of nitrogens with one attached hydrogen (secondary N) is 1. The molecule has 1 heterocycles. The van der Waals surface area contributed by atoms with Gasteiger partial charge in [0.2, 0.25) is 5.91 Å². The molecule has 6 heteroatoms. The molecule has 3 rings (SSSR count). The van der Waals surface area contributed by atoms with E-state index in [-0.39, 0.29) is 11.9 Å². The second kappa shape index (κ2) is 8.44. The van der Waals surface area contributed by atoms with Crippen molar-refractivity contribution in [2.75, 3.05) is 34.8 Å². The molecular weight excluding hydrogens is 352 g/mol. The summed E-state index contributed by atoms with van der Waals surface area (Å²) in [7, 11) is 7.36. The molecule has 1 unspecified atom stereocenters. The number of fused-ring (bicyclic) bond motifs is 1. The summed E-state index contributed by atoms with van der Waals surface area (Å²) in [6.07, 6.45) is 0.660. The van der Waals surface area contributed by atoms with Crippen molar-refractivity contribution in [1.29, 1.82) is 0 Å². The van der Waals surface area contributed by atoms with E-state index in [9.17, 15) is 4.79 Å². The first-order valence-electron chi connectivity index (χ1n) is 9.39. The third kappa shape index (κ3) is 4.34. The van der Waals surface area contributed by atoms with Gasteiger partial charge in [-0.3, -0.25) is 9.69 Å². The fourth-order valence-corrected chi connectivity index (χ4v) is 3.29. The number of hydrogen-bond donors (Lipinski definition) is 1. The smallest absolute Gasteiger partial charge is 0.244 e. The van der Waals surface area contributed by atoms with E-state index in [4.69, 9.17) is 4.74 Å². The Kier molecular flexibility index (Phi) is 5.99. The highest BCUT2D eigenvalue weighted by atomic mass is 16.5. The third-order valence-electron chi connectivity index (χ3n) is 4.94. The minimum absolute atomic E-state index is 0.0756. The lowest BCUT2D eigenvalue weighted by molar-refractivity contribution is -0.135. The van der Waals surface area contributed by atoms with Crippen LogP contribution in [0.25, 0.3) is 11.0 Å². The summed E-state index contributed by atoms with van der Waals surface area (Å²) in [5.74, 6) is 1.73. The summed E-state index contributed by atoms with van der Waals surface area (Å²) in [6, 6.07) is 13.6. The molecule has 1 amide bonds. The van der Waals surface area contributed by atoms with Crippen molar-refractivity contribution in [3.63, 3.8) is 0 Å². The van der Waals surface area contributed by atoms with Gasteiger partial charge in [-0.2, -0.15) is 0 Å². The predicted octanol–water partition coefficient (Wildman–Crippen LogP) is 3.18. The number of imidazole rings is 1. The molecule has 0 radical (unpaired) electrons. The van der Waals surface area contributed by atoms with Crippen molar-refractivity contribution >= 4 is 16.9 Å². The SMILES string of the molecule is COc1ccc2nc(CCN(C)C(=O)C(c3ccc(C)cc3)N(C)C)[nH]c2c1. The van der Waals surface area contributed by atoms with Crippen molar-refractivity contribution in [2.45, 2.75) is 19.4 Å². The maximum absolute atomic E-state index is 13.1. The summed E-state index contributed by atoms with van der Waals surface area (Å²) in [5, 5.41) is 0. The number of amides is 1. The molecule has 1 aromatic heterocycles. The van der Waals surface area contributed by atoms with Gasteiger partial charge in [-0.05, 0) is 38.7 Å². The highest BCUT2D eigenvalue weighted by Gasteiger charge is 2.25. The van der Waals surface area contributed by atoms with Crippen LogP contribution in [0.4, 0.5) is 0 Å². The van der Waals surface area contributed by atoms with Crippen molar-refractivity contribution < 1.29 is 9.53 Å². The van der Waals surface area contributed by atoms with Crippen LogP contribution in [-0.4, -0.2) is 60.5 Å². The lowest BCUT2D eigenvalue weighted by atomic mass is 10.0. The van der Waals surface area contributed by atoms with Gasteiger partial charge in [-0.25, -0.2) is 4.98 Å². The Morgan fingerprint density at radius 2 is 1.86 bits per heavy atom. The number of ether oxygens (including phenoxy) is 1. The van der Waals surface area contributed by atoms with Crippen molar-refractivity contribution in [3.8, 4) is 5.75 Å². The molecule has 1 atom stereocenters. The van der Waals surface area contributed by atoms with Crippen molar-refractivity contribution in [3.05, 3.63) is 59.4 Å². The van der Waals surface area contributed by atoms with E-state index < -0.39 is 0 Å². The number of nitrogens with zero attached hydrogens (tertiary/aromatic N) is 3. The van der Waals surface area contributed by atoms with Crippen molar-refractivity contribution in [1.82, 2.24) is 19.8 Å². The van der Waals surface area contributed by atoms with Gasteiger partial charge in [0.1, 0.15) is 17.6 Å². The van der Waals surface area contributed by atoms with Crippen LogP contribution < -0.4 is 4.74 Å². The molecule has 0 fully saturated rings. The second-order valence-electron chi connectivity index (χ2n) is 7.35. The van der Waals surface area contributed by atoms with Gasteiger partial charge in [0.05, 0.1) is 18.1 Å². The third-order valence-corrected chi connectivity index (χ3v) is 4.94. The quantitative estimate of drug-likeness (QED) is 0.684. The van der Waals surface area contributed by atoms with Crippen LogP contribution in [0.15, 0.2) is 42.5 Å². The number of H-pyrrole nitrogens is 1. The first-order chi connectivity index (χ1) is 13.4. The first-order valence-corrected chi connectivity index (χ1v) is 9.39. The summed E-state index contributed by atoms with van der Waals surface area (Å²) in [5.41, 5.74) is 4.02. The van der Waals surface area contributed by atoms with Gasteiger partial charge < -0.3 is 14.6 Å². The zero-order valence-corrected chi connectivity index (χ0v) is 17.2. The number of likely N-dealkylation sites (N-methyl/N-ethyl adjacent to an activating group) is 2. The van der Waals surface area contributed by atoms with Crippen LogP contribution in [0.2, 0.25) is 0 Å². The molecule has 0 saturated heterocycles. The lowest BCUT2D eigenvalue weighted by Crippen LogP contribution is -2.39. The monoisotopic (exact) mass is 380 g/mol. The van der Waals surface area contributed by atoms with Crippen LogP contribution >= 0.6 is 0 Å². The Bertz CT molecular complexity index is 947. The number of aromatic nitrogens is 2. The van der Waals surface area contributed by atoms with Gasteiger partial charge in [0, 0.05) is 26.1 Å². The standard InChI is InChI=1S/C22H28N4O2/c1-15-6-8-16(9-7-15)21(25(2)3)22(27)26(4)13-12-20-23-18-11-10-17(28-5)14-19(18)24-20/h6-11,14,21H,12-13H2,1-5H3,(H,23,24). The van der Waals surface area contributed by atoms with E-state index in [0.29, 0.717) is 13.0 Å². The average molecular weight is 380 g/mol. The van der Waals surface area contributed by atoms with Gasteiger partial charge >= 0.3 is 0 Å². The number of carbonyl (C=O) groups is 1.